The van der Waals surface area contributed by atoms with Crippen LogP contribution in [0.5, 0.6) is 0 Å². The largest absolute Gasteiger partial charge is 0.264 e. The molecule has 108 valence electrons. The zero-order valence-corrected chi connectivity index (χ0v) is 12.8. The van der Waals surface area contributed by atoms with Crippen LogP contribution in [0.3, 0.4) is 0 Å². The van der Waals surface area contributed by atoms with E-state index in [2.05, 4.69) is 33.0 Å². The third-order valence-corrected chi connectivity index (χ3v) is 4.65. The monoisotopic (exact) mass is 307 g/mol. The molecule has 0 N–H and O–H groups in total. The maximum Gasteiger partial charge on any atom is 0.156 e. The third kappa shape index (κ3) is 2.17. The van der Waals surface area contributed by atoms with Gasteiger partial charge in [0.25, 0.3) is 0 Å². The van der Waals surface area contributed by atoms with Crippen molar-refractivity contribution in [2.75, 3.05) is 0 Å². The van der Waals surface area contributed by atoms with E-state index in [4.69, 9.17) is 0 Å². The Morgan fingerprint density at radius 1 is 1.14 bits per heavy atom. The summed E-state index contributed by atoms with van der Waals surface area (Å²) in [5.41, 5.74) is 3.97. The zero-order chi connectivity index (χ0) is 14.9. The molecule has 4 rings (SSSR count). The fourth-order valence-corrected chi connectivity index (χ4v) is 3.25. The van der Waals surface area contributed by atoms with Gasteiger partial charge in [0, 0.05) is 24.2 Å². The normalized spacial score (nSPS) is 11.1. The van der Waals surface area contributed by atoms with Gasteiger partial charge in [0.2, 0.25) is 0 Å². The van der Waals surface area contributed by atoms with Gasteiger partial charge in [-0.1, -0.05) is 13.0 Å². The summed E-state index contributed by atoms with van der Waals surface area (Å²) in [6.45, 7) is 2.11. The van der Waals surface area contributed by atoms with E-state index in [0.717, 1.165) is 38.8 Å². The lowest BCUT2D eigenvalue weighted by atomic mass is 10.1. The summed E-state index contributed by atoms with van der Waals surface area (Å²) < 4.78 is 1.85. The molecule has 5 nitrogen and oxygen atoms in total. The van der Waals surface area contributed by atoms with Crippen molar-refractivity contribution in [1.29, 1.82) is 0 Å². The average Bonchev–Trinajstić information content (AvgIpc) is 3.23. The topological polar surface area (TPSA) is 56.0 Å². The predicted octanol–water partition coefficient (Wildman–Crippen LogP) is 3.48. The minimum atomic E-state index is 0.822. The quantitative estimate of drug-likeness (QED) is 0.581. The van der Waals surface area contributed by atoms with Crippen LogP contribution in [0.15, 0.2) is 49.2 Å². The fraction of sp³-hybridized carbons (Fsp3) is 0.125. The van der Waals surface area contributed by atoms with Crippen molar-refractivity contribution in [3.8, 4) is 21.7 Å². The van der Waals surface area contributed by atoms with Gasteiger partial charge >= 0.3 is 0 Å². The van der Waals surface area contributed by atoms with E-state index in [1.807, 2.05) is 35.1 Å². The van der Waals surface area contributed by atoms with E-state index in [1.54, 1.807) is 23.9 Å². The predicted molar refractivity (Wildman–Crippen MR) is 86.7 cm³/mol. The standard InChI is InChI=1S/C16H13N5S/c1-2-16-18-9-14(22-16)13-6-12(11-4-3-5-17-8-11)7-15-19-10-20-21(13)15/h3-10H,2H2,1H3. The second-order valence-electron chi connectivity index (χ2n) is 4.87. The molecule has 6 heteroatoms. The number of thiazole rings is 1. The van der Waals surface area contributed by atoms with E-state index in [0.29, 0.717) is 0 Å². The first kappa shape index (κ1) is 13.1. The van der Waals surface area contributed by atoms with Crippen molar-refractivity contribution < 1.29 is 0 Å². The Bertz CT molecular complexity index is 926. The highest BCUT2D eigenvalue weighted by Gasteiger charge is 2.12. The second-order valence-corrected chi connectivity index (χ2v) is 5.99. The summed E-state index contributed by atoms with van der Waals surface area (Å²) in [4.78, 5) is 14.1. The van der Waals surface area contributed by atoms with Crippen molar-refractivity contribution >= 4 is 17.0 Å². The Hall–Kier alpha value is -2.60. The maximum absolute atomic E-state index is 4.45. The second kappa shape index (κ2) is 5.31. The van der Waals surface area contributed by atoms with E-state index < -0.39 is 0 Å². The number of aromatic nitrogens is 5. The number of aryl methyl sites for hydroxylation is 1. The van der Waals surface area contributed by atoms with Crippen LogP contribution in [-0.2, 0) is 6.42 Å². The zero-order valence-electron chi connectivity index (χ0n) is 12.0. The lowest BCUT2D eigenvalue weighted by molar-refractivity contribution is 0.972. The molecule has 0 bridgehead atoms. The van der Waals surface area contributed by atoms with Crippen molar-refractivity contribution in [1.82, 2.24) is 24.6 Å². The Kier molecular flexibility index (Phi) is 3.16. The molecule has 0 fully saturated rings. The lowest BCUT2D eigenvalue weighted by Crippen LogP contribution is -1.94. The van der Waals surface area contributed by atoms with Crippen LogP contribution in [0.2, 0.25) is 0 Å². The van der Waals surface area contributed by atoms with Gasteiger partial charge in [-0.2, -0.15) is 5.10 Å². The van der Waals surface area contributed by atoms with Gasteiger partial charge in [0.15, 0.2) is 5.65 Å². The molecular weight excluding hydrogens is 294 g/mol. The number of hydrogen-bond acceptors (Lipinski definition) is 5. The molecule has 0 unspecified atom stereocenters. The van der Waals surface area contributed by atoms with Gasteiger partial charge in [-0.25, -0.2) is 14.5 Å². The first-order chi connectivity index (χ1) is 10.8. The van der Waals surface area contributed by atoms with Gasteiger partial charge in [-0.05, 0) is 30.2 Å². The molecule has 4 heterocycles. The molecule has 0 spiro atoms. The van der Waals surface area contributed by atoms with Crippen molar-refractivity contribution in [2.24, 2.45) is 0 Å². The Morgan fingerprint density at radius 3 is 2.86 bits per heavy atom. The molecule has 0 amide bonds. The van der Waals surface area contributed by atoms with Gasteiger partial charge in [0.1, 0.15) is 6.33 Å². The number of hydrogen-bond donors (Lipinski definition) is 0. The summed E-state index contributed by atoms with van der Waals surface area (Å²) in [6, 6.07) is 8.12. The molecule has 0 radical (unpaired) electrons. The van der Waals surface area contributed by atoms with Crippen molar-refractivity contribution in [2.45, 2.75) is 13.3 Å². The van der Waals surface area contributed by atoms with Gasteiger partial charge in [-0.3, -0.25) is 4.98 Å². The van der Waals surface area contributed by atoms with Crippen LogP contribution in [0.4, 0.5) is 0 Å². The van der Waals surface area contributed by atoms with Crippen LogP contribution >= 0.6 is 11.3 Å². The molecule has 4 aromatic heterocycles. The molecule has 0 aliphatic heterocycles. The molecule has 0 aliphatic rings. The van der Waals surface area contributed by atoms with E-state index in [9.17, 15) is 0 Å². The summed E-state index contributed by atoms with van der Waals surface area (Å²) in [5.74, 6) is 0. The Labute approximate surface area is 131 Å². The highest BCUT2D eigenvalue weighted by atomic mass is 32.1. The van der Waals surface area contributed by atoms with Crippen LogP contribution < -0.4 is 0 Å². The van der Waals surface area contributed by atoms with Crippen LogP contribution in [0, 0.1) is 0 Å². The summed E-state index contributed by atoms with van der Waals surface area (Å²) in [7, 11) is 0. The van der Waals surface area contributed by atoms with Crippen LogP contribution in [0.1, 0.15) is 11.9 Å². The first-order valence-corrected chi connectivity index (χ1v) is 7.86. The molecule has 4 aromatic rings. The molecular formula is C16H13N5S. The highest BCUT2D eigenvalue weighted by molar-refractivity contribution is 7.15. The van der Waals surface area contributed by atoms with Crippen molar-refractivity contribution in [3.05, 3.63) is 54.2 Å². The minimum Gasteiger partial charge on any atom is -0.264 e. The van der Waals surface area contributed by atoms with Crippen molar-refractivity contribution in [3.63, 3.8) is 0 Å². The molecule has 0 aliphatic carbocycles. The van der Waals surface area contributed by atoms with Gasteiger partial charge in [-0.15, -0.1) is 11.3 Å². The molecule has 0 aromatic carbocycles. The number of pyridine rings is 2. The highest BCUT2D eigenvalue weighted by Crippen LogP contribution is 2.30. The number of nitrogens with zero attached hydrogens (tertiary/aromatic N) is 5. The summed E-state index contributed by atoms with van der Waals surface area (Å²) >= 11 is 1.69. The third-order valence-electron chi connectivity index (χ3n) is 3.48. The Balaban J connectivity index is 1.95. The number of rotatable bonds is 3. The summed E-state index contributed by atoms with van der Waals surface area (Å²) in [6.07, 6.45) is 8.06. The van der Waals surface area contributed by atoms with Crippen LogP contribution in [0.25, 0.3) is 27.3 Å². The van der Waals surface area contributed by atoms with E-state index in [-0.39, 0.29) is 0 Å². The molecule has 0 saturated carbocycles. The maximum atomic E-state index is 4.45. The summed E-state index contributed by atoms with van der Waals surface area (Å²) in [5, 5.41) is 5.45. The SMILES string of the molecule is CCc1ncc(-c2cc(-c3cccnc3)cc3ncnn23)s1. The van der Waals surface area contributed by atoms with Gasteiger partial charge < -0.3 is 0 Å². The van der Waals surface area contributed by atoms with Crippen LogP contribution in [-0.4, -0.2) is 24.6 Å². The first-order valence-electron chi connectivity index (χ1n) is 7.04. The fourth-order valence-electron chi connectivity index (χ4n) is 2.39. The lowest BCUT2D eigenvalue weighted by Gasteiger charge is -2.06. The average molecular weight is 307 g/mol. The molecule has 0 saturated heterocycles. The molecule has 22 heavy (non-hydrogen) atoms. The van der Waals surface area contributed by atoms with E-state index in [1.165, 1.54) is 0 Å². The molecule has 0 atom stereocenters. The van der Waals surface area contributed by atoms with E-state index >= 15 is 0 Å². The minimum absolute atomic E-state index is 0.822. The Morgan fingerprint density at radius 2 is 2.09 bits per heavy atom. The van der Waals surface area contributed by atoms with Gasteiger partial charge in [0.05, 0.1) is 15.6 Å². The number of fused-ring (bicyclic) bond motifs is 1. The smallest absolute Gasteiger partial charge is 0.156 e.